The molecule has 0 aromatic heterocycles. The molecule has 0 unspecified atom stereocenters. The molecule has 0 aromatic rings. The second kappa shape index (κ2) is 8.12. The second-order valence-electron chi connectivity index (χ2n) is 4.95. The van der Waals surface area contributed by atoms with E-state index in [-0.39, 0.29) is 0 Å². The quantitative estimate of drug-likeness (QED) is 0.622. The van der Waals surface area contributed by atoms with Crippen molar-refractivity contribution in [3.63, 3.8) is 0 Å². The molecule has 0 amide bonds. The zero-order valence-corrected chi connectivity index (χ0v) is 10.6. The number of nitrogens with zero attached hydrogens (tertiary/aromatic N) is 1. The summed E-state index contributed by atoms with van der Waals surface area (Å²) in [7, 11) is 2.24. The van der Waals surface area contributed by atoms with Crippen LogP contribution in [0.5, 0.6) is 0 Å². The van der Waals surface area contributed by atoms with Gasteiger partial charge < -0.3 is 10.2 Å². The smallest absolute Gasteiger partial charge is 0.00670 e. The van der Waals surface area contributed by atoms with Crippen molar-refractivity contribution in [3.8, 4) is 0 Å². The van der Waals surface area contributed by atoms with E-state index in [2.05, 4.69) is 24.2 Å². The van der Waals surface area contributed by atoms with E-state index in [9.17, 15) is 0 Å². The van der Waals surface area contributed by atoms with Gasteiger partial charge in [0, 0.05) is 6.04 Å². The van der Waals surface area contributed by atoms with Crippen LogP contribution in [0.15, 0.2) is 0 Å². The van der Waals surface area contributed by atoms with Crippen LogP contribution in [0.3, 0.4) is 0 Å². The lowest BCUT2D eigenvalue weighted by atomic mass is 10.2. The number of rotatable bonds is 8. The first-order chi connectivity index (χ1) is 7.33. The van der Waals surface area contributed by atoms with E-state index in [1.807, 2.05) is 0 Å². The van der Waals surface area contributed by atoms with Gasteiger partial charge in [0.15, 0.2) is 0 Å². The van der Waals surface area contributed by atoms with Gasteiger partial charge in [0.25, 0.3) is 0 Å². The highest BCUT2D eigenvalue weighted by Gasteiger charge is 2.13. The zero-order chi connectivity index (χ0) is 10.9. The van der Waals surface area contributed by atoms with E-state index >= 15 is 0 Å². The van der Waals surface area contributed by atoms with Gasteiger partial charge in [-0.25, -0.2) is 0 Å². The molecule has 1 N–H and O–H groups in total. The molecule has 2 heteroatoms. The lowest BCUT2D eigenvalue weighted by Crippen LogP contribution is -2.30. The van der Waals surface area contributed by atoms with Gasteiger partial charge in [-0.2, -0.15) is 0 Å². The zero-order valence-electron chi connectivity index (χ0n) is 10.6. The van der Waals surface area contributed by atoms with Crippen molar-refractivity contribution < 1.29 is 0 Å². The Labute approximate surface area is 95.4 Å². The van der Waals surface area contributed by atoms with Crippen molar-refractivity contribution in [2.24, 2.45) is 0 Å². The van der Waals surface area contributed by atoms with E-state index in [4.69, 9.17) is 0 Å². The monoisotopic (exact) mass is 212 g/mol. The first-order valence-electron chi connectivity index (χ1n) is 6.75. The van der Waals surface area contributed by atoms with E-state index in [1.165, 1.54) is 64.6 Å². The van der Waals surface area contributed by atoms with Crippen molar-refractivity contribution in [1.29, 1.82) is 0 Å². The summed E-state index contributed by atoms with van der Waals surface area (Å²) in [5.74, 6) is 0. The molecule has 1 aliphatic carbocycles. The fraction of sp³-hybridized carbons (Fsp3) is 1.00. The number of unbranched alkanes of at least 4 members (excludes halogenated alkanes) is 1. The largest absolute Gasteiger partial charge is 0.314 e. The van der Waals surface area contributed by atoms with E-state index in [0.717, 1.165) is 6.04 Å². The van der Waals surface area contributed by atoms with Crippen LogP contribution in [-0.4, -0.2) is 37.6 Å². The first-order valence-corrected chi connectivity index (χ1v) is 6.75. The van der Waals surface area contributed by atoms with Crippen LogP contribution in [0.25, 0.3) is 0 Å². The van der Waals surface area contributed by atoms with Gasteiger partial charge in [0.2, 0.25) is 0 Å². The third-order valence-electron chi connectivity index (χ3n) is 3.40. The first kappa shape index (κ1) is 13.0. The topological polar surface area (TPSA) is 15.3 Å². The van der Waals surface area contributed by atoms with Gasteiger partial charge in [-0.3, -0.25) is 0 Å². The maximum atomic E-state index is 3.67. The summed E-state index contributed by atoms with van der Waals surface area (Å²) in [6.45, 7) is 5.98. The van der Waals surface area contributed by atoms with Crippen LogP contribution < -0.4 is 5.32 Å². The molecule has 0 saturated heterocycles. The number of hydrogen-bond donors (Lipinski definition) is 1. The van der Waals surface area contributed by atoms with Crippen LogP contribution in [0.2, 0.25) is 0 Å². The fourth-order valence-corrected chi connectivity index (χ4v) is 2.32. The Hall–Kier alpha value is -0.0800. The molecular formula is C13H28N2. The maximum absolute atomic E-state index is 3.67. The Kier molecular flexibility index (Phi) is 7.03. The highest BCUT2D eigenvalue weighted by atomic mass is 15.1. The fourth-order valence-electron chi connectivity index (χ4n) is 2.32. The maximum Gasteiger partial charge on any atom is 0.00670 e. The van der Waals surface area contributed by atoms with E-state index in [1.54, 1.807) is 0 Å². The molecule has 1 saturated carbocycles. The molecule has 1 fully saturated rings. The van der Waals surface area contributed by atoms with Crippen LogP contribution in [-0.2, 0) is 0 Å². The van der Waals surface area contributed by atoms with Crippen molar-refractivity contribution in [2.45, 2.75) is 57.9 Å². The highest BCUT2D eigenvalue weighted by molar-refractivity contribution is 4.73. The number of nitrogens with one attached hydrogen (secondary N) is 1. The minimum Gasteiger partial charge on any atom is -0.314 e. The summed E-state index contributed by atoms with van der Waals surface area (Å²) in [5, 5.41) is 3.67. The van der Waals surface area contributed by atoms with Crippen LogP contribution >= 0.6 is 0 Å². The van der Waals surface area contributed by atoms with Gasteiger partial charge >= 0.3 is 0 Å². The number of hydrogen-bond acceptors (Lipinski definition) is 2. The van der Waals surface area contributed by atoms with Gasteiger partial charge in [0.05, 0.1) is 0 Å². The lowest BCUT2D eigenvalue weighted by Gasteiger charge is -2.17. The molecule has 1 aliphatic rings. The molecule has 1 rings (SSSR count). The third-order valence-corrected chi connectivity index (χ3v) is 3.40. The minimum absolute atomic E-state index is 0.839. The Balaban J connectivity index is 1.87. The van der Waals surface area contributed by atoms with Gasteiger partial charge in [0.1, 0.15) is 0 Å². The Morgan fingerprint density at radius 2 is 1.80 bits per heavy atom. The van der Waals surface area contributed by atoms with Crippen LogP contribution in [0, 0.1) is 0 Å². The predicted octanol–water partition coefficient (Wildman–Crippen LogP) is 2.64. The Morgan fingerprint density at radius 3 is 2.47 bits per heavy atom. The van der Waals surface area contributed by atoms with Gasteiger partial charge in [-0.05, 0) is 52.4 Å². The SMILES string of the molecule is CCCCN(C)CCCNC1CCCC1. The molecule has 0 bridgehead atoms. The highest BCUT2D eigenvalue weighted by Crippen LogP contribution is 2.17. The van der Waals surface area contributed by atoms with Crippen LogP contribution in [0.1, 0.15) is 51.9 Å². The predicted molar refractivity (Wildman–Crippen MR) is 67.3 cm³/mol. The second-order valence-corrected chi connectivity index (χ2v) is 4.95. The molecule has 15 heavy (non-hydrogen) atoms. The average Bonchev–Trinajstić information content (AvgIpc) is 2.74. The molecule has 0 spiro atoms. The van der Waals surface area contributed by atoms with E-state index < -0.39 is 0 Å². The van der Waals surface area contributed by atoms with Crippen molar-refractivity contribution in [1.82, 2.24) is 10.2 Å². The molecule has 0 aliphatic heterocycles. The summed E-state index contributed by atoms with van der Waals surface area (Å²) >= 11 is 0. The van der Waals surface area contributed by atoms with Crippen molar-refractivity contribution in [2.75, 3.05) is 26.7 Å². The molecule has 90 valence electrons. The van der Waals surface area contributed by atoms with Gasteiger partial charge in [-0.15, -0.1) is 0 Å². The Morgan fingerprint density at radius 1 is 1.13 bits per heavy atom. The molecule has 0 aromatic carbocycles. The minimum atomic E-state index is 0.839. The normalized spacial score (nSPS) is 17.8. The standard InChI is InChI=1S/C13H28N2/c1-3-4-11-15(2)12-7-10-14-13-8-5-6-9-13/h13-14H,3-12H2,1-2H3. The summed E-state index contributed by atoms with van der Waals surface area (Å²) < 4.78 is 0. The summed E-state index contributed by atoms with van der Waals surface area (Å²) in [6, 6.07) is 0.839. The molecular weight excluding hydrogens is 184 g/mol. The average molecular weight is 212 g/mol. The Bertz CT molecular complexity index is 141. The van der Waals surface area contributed by atoms with E-state index in [0.29, 0.717) is 0 Å². The molecule has 0 heterocycles. The summed E-state index contributed by atoms with van der Waals surface area (Å²) in [5.41, 5.74) is 0. The van der Waals surface area contributed by atoms with Crippen molar-refractivity contribution in [3.05, 3.63) is 0 Å². The summed E-state index contributed by atoms with van der Waals surface area (Å²) in [6.07, 6.45) is 9.65. The van der Waals surface area contributed by atoms with Gasteiger partial charge in [-0.1, -0.05) is 26.2 Å². The van der Waals surface area contributed by atoms with Crippen molar-refractivity contribution >= 4 is 0 Å². The third kappa shape index (κ3) is 6.16. The summed E-state index contributed by atoms with van der Waals surface area (Å²) in [4.78, 5) is 2.46. The lowest BCUT2D eigenvalue weighted by molar-refractivity contribution is 0.318. The van der Waals surface area contributed by atoms with Crippen LogP contribution in [0.4, 0.5) is 0 Å². The molecule has 2 nitrogen and oxygen atoms in total. The molecule has 0 atom stereocenters. The molecule has 0 radical (unpaired) electrons.